The summed E-state index contributed by atoms with van der Waals surface area (Å²) in [4.78, 5) is 0. The maximum atomic E-state index is 8.74. The van der Waals surface area contributed by atoms with E-state index in [4.69, 9.17) is 10.9 Å². The highest BCUT2D eigenvalue weighted by molar-refractivity contribution is 5.85. The van der Waals surface area contributed by atoms with Crippen LogP contribution in [0, 0.1) is 5.41 Å². The highest BCUT2D eigenvalue weighted by Crippen LogP contribution is 2.23. The average Bonchev–Trinajstić information content (AvgIpc) is 2.36. The van der Waals surface area contributed by atoms with Crippen LogP contribution in [-0.2, 0) is 0 Å². The molecule has 0 aromatic carbocycles. The molecule has 0 aliphatic carbocycles. The first-order valence-electron chi connectivity index (χ1n) is 7.38. The van der Waals surface area contributed by atoms with E-state index in [1.807, 2.05) is 13.8 Å². The Morgan fingerprint density at radius 3 is 2.47 bits per heavy atom. The highest BCUT2D eigenvalue weighted by Gasteiger charge is 2.25. The molecule has 1 heterocycles. The number of hydrogen-bond donors (Lipinski definition) is 3. The molecule has 1 rings (SSSR count). The summed E-state index contributed by atoms with van der Waals surface area (Å²) in [5.41, 5.74) is 8.99. The summed E-state index contributed by atoms with van der Waals surface area (Å²) in [7, 11) is 0. The van der Waals surface area contributed by atoms with Crippen molar-refractivity contribution in [3.63, 3.8) is 0 Å². The normalized spacial score (nSPS) is 26.6. The molecule has 1 aliphatic rings. The Morgan fingerprint density at radius 2 is 1.95 bits per heavy atom. The van der Waals surface area contributed by atoms with E-state index in [1.165, 1.54) is 19.3 Å². The van der Waals surface area contributed by atoms with E-state index in [9.17, 15) is 0 Å². The lowest BCUT2D eigenvalue weighted by atomic mass is 9.86. The summed E-state index contributed by atoms with van der Waals surface area (Å²) in [6.07, 6.45) is 5.79. The van der Waals surface area contributed by atoms with E-state index in [1.54, 1.807) is 0 Å². The van der Waals surface area contributed by atoms with Crippen molar-refractivity contribution in [2.75, 3.05) is 6.54 Å². The second kappa shape index (κ2) is 7.10. The molecule has 0 spiro atoms. The van der Waals surface area contributed by atoms with Gasteiger partial charge in [-0.25, -0.2) is 5.01 Å². The molecule has 0 radical (unpaired) electrons. The number of nitrogens with zero attached hydrogens (tertiary/aromatic N) is 2. The van der Waals surface area contributed by atoms with E-state index in [0.717, 1.165) is 19.4 Å². The van der Waals surface area contributed by atoms with Crippen molar-refractivity contribution in [1.82, 2.24) is 10.4 Å². The van der Waals surface area contributed by atoms with E-state index in [2.05, 4.69) is 29.4 Å². The fourth-order valence-electron chi connectivity index (χ4n) is 2.73. The maximum Gasteiger partial charge on any atom is 0.144 e. The number of oxime groups is 1. The van der Waals surface area contributed by atoms with Gasteiger partial charge in [0.1, 0.15) is 5.84 Å². The Hall–Kier alpha value is -0.810. The monoisotopic (exact) mass is 270 g/mol. The summed E-state index contributed by atoms with van der Waals surface area (Å²) < 4.78 is 0. The minimum Gasteiger partial charge on any atom is -0.409 e. The van der Waals surface area contributed by atoms with Crippen molar-refractivity contribution in [2.24, 2.45) is 16.3 Å². The van der Waals surface area contributed by atoms with Gasteiger partial charge in [-0.15, -0.1) is 0 Å². The molecule has 4 N–H and O–H groups in total. The Labute approximate surface area is 117 Å². The fourth-order valence-corrected chi connectivity index (χ4v) is 2.73. The van der Waals surface area contributed by atoms with Crippen molar-refractivity contribution < 1.29 is 5.21 Å². The molecular formula is C14H30N4O. The van der Waals surface area contributed by atoms with Gasteiger partial charge in [0.15, 0.2) is 0 Å². The van der Waals surface area contributed by atoms with Gasteiger partial charge in [-0.1, -0.05) is 25.4 Å². The quantitative estimate of drug-likeness (QED) is 0.228. The Bertz CT molecular complexity index is 294. The Kier molecular flexibility index (Phi) is 6.07. The van der Waals surface area contributed by atoms with Crippen molar-refractivity contribution in [1.29, 1.82) is 0 Å². The second-order valence-corrected chi connectivity index (χ2v) is 6.42. The number of rotatable bonds is 6. The summed E-state index contributed by atoms with van der Waals surface area (Å²) in [6, 6.07) is 1.22. The van der Waals surface area contributed by atoms with Gasteiger partial charge in [-0.05, 0) is 39.5 Å². The summed E-state index contributed by atoms with van der Waals surface area (Å²) in [5.74, 6) is 0.312. The van der Waals surface area contributed by atoms with Crippen LogP contribution in [0.1, 0.15) is 59.8 Å². The van der Waals surface area contributed by atoms with E-state index >= 15 is 0 Å². The molecule has 1 fully saturated rings. The molecule has 5 heteroatoms. The van der Waals surface area contributed by atoms with Gasteiger partial charge in [0.05, 0.1) is 0 Å². The first kappa shape index (κ1) is 16.2. The Balaban J connectivity index is 2.30. The third kappa shape index (κ3) is 4.66. The summed E-state index contributed by atoms with van der Waals surface area (Å²) in [5, 5.41) is 14.2. The Morgan fingerprint density at radius 1 is 1.37 bits per heavy atom. The lowest BCUT2D eigenvalue weighted by molar-refractivity contribution is 0.0454. The van der Waals surface area contributed by atoms with Crippen LogP contribution in [0.3, 0.4) is 0 Å². The van der Waals surface area contributed by atoms with Crippen molar-refractivity contribution in [3.8, 4) is 0 Å². The maximum absolute atomic E-state index is 8.74. The fraction of sp³-hybridized carbons (Fsp3) is 0.929. The minimum absolute atomic E-state index is 0.241. The molecule has 19 heavy (non-hydrogen) atoms. The molecule has 2 atom stereocenters. The van der Waals surface area contributed by atoms with Gasteiger partial charge >= 0.3 is 0 Å². The van der Waals surface area contributed by atoms with Crippen molar-refractivity contribution in [3.05, 3.63) is 0 Å². The van der Waals surface area contributed by atoms with Gasteiger partial charge in [0.25, 0.3) is 0 Å². The van der Waals surface area contributed by atoms with Gasteiger partial charge in [-0.3, -0.25) is 5.43 Å². The predicted octanol–water partition coefficient (Wildman–Crippen LogP) is 2.31. The molecule has 5 nitrogen and oxygen atoms in total. The van der Waals surface area contributed by atoms with Crippen LogP contribution in [-0.4, -0.2) is 34.7 Å². The first-order valence-corrected chi connectivity index (χ1v) is 7.38. The smallest absolute Gasteiger partial charge is 0.144 e. The zero-order valence-electron chi connectivity index (χ0n) is 12.8. The predicted molar refractivity (Wildman–Crippen MR) is 79.0 cm³/mol. The van der Waals surface area contributed by atoms with E-state index < -0.39 is 0 Å². The van der Waals surface area contributed by atoms with Crippen LogP contribution in [0.2, 0.25) is 0 Å². The molecule has 1 saturated heterocycles. The van der Waals surface area contributed by atoms with Crippen molar-refractivity contribution >= 4 is 5.84 Å². The van der Waals surface area contributed by atoms with Gasteiger partial charge < -0.3 is 10.9 Å². The standard InChI is InChI=1S/C14H30N4O/c1-11-7-5-8-12(2)18(11)16-10-6-9-14(3,4)13(15)17-19/h11-12,16,19H,5-10H2,1-4H3,(H2,15,17). The molecule has 0 aromatic heterocycles. The molecule has 112 valence electrons. The molecule has 0 saturated carbocycles. The van der Waals surface area contributed by atoms with Crippen LogP contribution in [0.5, 0.6) is 0 Å². The zero-order valence-corrected chi connectivity index (χ0v) is 12.8. The summed E-state index contributed by atoms with van der Waals surface area (Å²) in [6.45, 7) is 9.52. The molecule has 0 aromatic rings. The molecule has 2 unspecified atom stereocenters. The number of nitrogens with two attached hydrogens (primary N) is 1. The molecule has 0 amide bonds. The largest absolute Gasteiger partial charge is 0.409 e. The van der Waals surface area contributed by atoms with Gasteiger partial charge in [0.2, 0.25) is 0 Å². The number of piperidine rings is 1. The topological polar surface area (TPSA) is 73.9 Å². The molecule has 1 aliphatic heterocycles. The number of hydrogen-bond acceptors (Lipinski definition) is 4. The molecule has 0 bridgehead atoms. The van der Waals surface area contributed by atoms with Crippen molar-refractivity contribution in [2.45, 2.75) is 71.9 Å². The van der Waals surface area contributed by atoms with Crippen LogP contribution >= 0.6 is 0 Å². The minimum atomic E-state index is -0.241. The summed E-state index contributed by atoms with van der Waals surface area (Å²) >= 11 is 0. The lowest BCUT2D eigenvalue weighted by Gasteiger charge is -2.39. The van der Waals surface area contributed by atoms with Crippen LogP contribution in [0.25, 0.3) is 0 Å². The van der Waals surface area contributed by atoms with E-state index in [0.29, 0.717) is 17.9 Å². The highest BCUT2D eigenvalue weighted by atomic mass is 16.4. The lowest BCUT2D eigenvalue weighted by Crippen LogP contribution is -2.52. The third-order valence-electron chi connectivity index (χ3n) is 4.27. The SMILES string of the molecule is CC1CCCC(C)N1NCCCC(C)(C)C(N)=NO. The zero-order chi connectivity index (χ0) is 14.5. The average molecular weight is 270 g/mol. The van der Waals surface area contributed by atoms with Crippen LogP contribution < -0.4 is 11.2 Å². The number of nitrogens with one attached hydrogen (secondary N) is 1. The van der Waals surface area contributed by atoms with Gasteiger partial charge in [-0.2, -0.15) is 0 Å². The third-order valence-corrected chi connectivity index (χ3v) is 4.27. The van der Waals surface area contributed by atoms with Crippen LogP contribution in [0.4, 0.5) is 0 Å². The molecular weight excluding hydrogens is 240 g/mol. The number of hydrazine groups is 1. The first-order chi connectivity index (χ1) is 8.88. The van der Waals surface area contributed by atoms with Gasteiger partial charge in [0, 0.05) is 24.0 Å². The number of amidine groups is 1. The second-order valence-electron chi connectivity index (χ2n) is 6.42. The van der Waals surface area contributed by atoms with Crippen LogP contribution in [0.15, 0.2) is 5.16 Å². The van der Waals surface area contributed by atoms with E-state index in [-0.39, 0.29) is 5.41 Å².